The van der Waals surface area contributed by atoms with E-state index in [0.717, 1.165) is 11.1 Å². The Balaban J connectivity index is 2.20. The summed E-state index contributed by atoms with van der Waals surface area (Å²) in [6.07, 6.45) is 5.23. The second-order valence-electron chi connectivity index (χ2n) is 4.20. The monoisotopic (exact) mass is 269 g/mol. The van der Waals surface area contributed by atoms with Gasteiger partial charge in [0.25, 0.3) is 0 Å². The van der Waals surface area contributed by atoms with Crippen LogP contribution in [-0.4, -0.2) is 6.54 Å². The van der Waals surface area contributed by atoms with Gasteiger partial charge in [0, 0.05) is 11.1 Å². The van der Waals surface area contributed by atoms with Gasteiger partial charge in [-0.25, -0.2) is 5.09 Å². The standard InChI is InChI=1S/C15H12NO2P/c1-2-11-16-19(17)15-10-6-4-8-13(15)12-7-3-5-9-14(12)18-19/h1,3-10H,11H2,(H,16,17). The van der Waals surface area contributed by atoms with Crippen LogP contribution in [-0.2, 0) is 4.57 Å². The summed E-state index contributed by atoms with van der Waals surface area (Å²) in [6, 6.07) is 15.1. The first-order chi connectivity index (χ1) is 9.24. The molecular weight excluding hydrogens is 257 g/mol. The summed E-state index contributed by atoms with van der Waals surface area (Å²) in [5.74, 6) is 3.05. The van der Waals surface area contributed by atoms with Crippen molar-refractivity contribution in [2.24, 2.45) is 0 Å². The van der Waals surface area contributed by atoms with Gasteiger partial charge in [0.05, 0.1) is 11.8 Å². The Morgan fingerprint density at radius 1 is 1.11 bits per heavy atom. The Hall–Kier alpha value is -2.01. The highest BCUT2D eigenvalue weighted by Crippen LogP contribution is 2.51. The zero-order chi connectivity index (χ0) is 13.3. The molecule has 1 aliphatic heterocycles. The predicted molar refractivity (Wildman–Crippen MR) is 76.6 cm³/mol. The zero-order valence-corrected chi connectivity index (χ0v) is 11.1. The predicted octanol–water partition coefficient (Wildman–Crippen LogP) is 2.79. The Labute approximate surface area is 112 Å². The van der Waals surface area contributed by atoms with E-state index in [1.54, 1.807) is 0 Å². The summed E-state index contributed by atoms with van der Waals surface area (Å²) < 4.78 is 18.6. The van der Waals surface area contributed by atoms with E-state index in [1.165, 1.54) is 0 Å². The van der Waals surface area contributed by atoms with Gasteiger partial charge in [-0.2, -0.15) is 0 Å². The van der Waals surface area contributed by atoms with E-state index in [0.29, 0.717) is 11.1 Å². The fourth-order valence-electron chi connectivity index (χ4n) is 2.18. The normalized spacial score (nSPS) is 19.7. The lowest BCUT2D eigenvalue weighted by Crippen LogP contribution is -2.27. The van der Waals surface area contributed by atoms with Crippen molar-refractivity contribution in [1.29, 1.82) is 0 Å². The maximum Gasteiger partial charge on any atom is 0.348 e. The van der Waals surface area contributed by atoms with Crippen LogP contribution >= 0.6 is 7.52 Å². The Morgan fingerprint density at radius 3 is 2.58 bits per heavy atom. The molecule has 0 aromatic heterocycles. The molecule has 3 nitrogen and oxygen atoms in total. The van der Waals surface area contributed by atoms with Crippen LogP contribution in [0.2, 0.25) is 0 Å². The van der Waals surface area contributed by atoms with Crippen LogP contribution in [0.3, 0.4) is 0 Å². The molecule has 4 heteroatoms. The van der Waals surface area contributed by atoms with E-state index >= 15 is 0 Å². The van der Waals surface area contributed by atoms with Crippen LogP contribution < -0.4 is 14.9 Å². The van der Waals surface area contributed by atoms with Crippen LogP contribution in [0.15, 0.2) is 48.5 Å². The van der Waals surface area contributed by atoms with Gasteiger partial charge in [-0.15, -0.1) is 6.42 Å². The van der Waals surface area contributed by atoms with Crippen LogP contribution in [0.25, 0.3) is 11.1 Å². The first-order valence-electron chi connectivity index (χ1n) is 5.92. The number of terminal acetylenes is 1. The molecule has 1 heterocycles. The van der Waals surface area contributed by atoms with Crippen molar-refractivity contribution >= 4 is 12.8 Å². The van der Waals surface area contributed by atoms with Crippen molar-refractivity contribution in [3.8, 4) is 29.2 Å². The Morgan fingerprint density at radius 2 is 1.79 bits per heavy atom. The third kappa shape index (κ3) is 1.96. The van der Waals surface area contributed by atoms with Crippen molar-refractivity contribution in [2.45, 2.75) is 0 Å². The van der Waals surface area contributed by atoms with E-state index in [-0.39, 0.29) is 6.54 Å². The second kappa shape index (κ2) is 4.59. The van der Waals surface area contributed by atoms with Gasteiger partial charge in [0.1, 0.15) is 5.75 Å². The first-order valence-corrected chi connectivity index (χ1v) is 7.54. The quantitative estimate of drug-likeness (QED) is 0.673. The van der Waals surface area contributed by atoms with Crippen molar-refractivity contribution in [1.82, 2.24) is 5.09 Å². The highest BCUT2D eigenvalue weighted by Gasteiger charge is 2.35. The third-order valence-electron chi connectivity index (χ3n) is 3.01. The number of fused-ring (bicyclic) bond motifs is 3. The van der Waals surface area contributed by atoms with Crippen molar-refractivity contribution in [2.75, 3.05) is 6.54 Å². The van der Waals surface area contributed by atoms with Gasteiger partial charge < -0.3 is 4.52 Å². The smallest absolute Gasteiger partial charge is 0.348 e. The molecule has 2 aromatic rings. The molecule has 0 saturated heterocycles. The minimum Gasteiger partial charge on any atom is -0.429 e. The Kier molecular flexibility index (Phi) is 2.91. The lowest BCUT2D eigenvalue weighted by Gasteiger charge is -2.28. The largest absolute Gasteiger partial charge is 0.429 e. The molecule has 0 bridgehead atoms. The topological polar surface area (TPSA) is 38.3 Å². The van der Waals surface area contributed by atoms with E-state index in [2.05, 4.69) is 11.0 Å². The first kappa shape index (κ1) is 12.0. The maximum absolute atomic E-state index is 12.9. The second-order valence-corrected chi connectivity index (χ2v) is 6.28. The Bertz CT molecular complexity index is 718. The van der Waals surface area contributed by atoms with E-state index in [1.807, 2.05) is 48.5 Å². The molecule has 1 aliphatic rings. The average Bonchev–Trinajstić information content (AvgIpc) is 2.46. The molecule has 0 fully saturated rings. The van der Waals surface area contributed by atoms with Crippen molar-refractivity contribution in [3.05, 3.63) is 48.5 Å². The van der Waals surface area contributed by atoms with Crippen molar-refractivity contribution in [3.63, 3.8) is 0 Å². The molecule has 0 spiro atoms. The van der Waals surface area contributed by atoms with Gasteiger partial charge in [0.2, 0.25) is 0 Å². The molecule has 0 saturated carbocycles. The van der Waals surface area contributed by atoms with Gasteiger partial charge in [-0.3, -0.25) is 4.57 Å². The molecule has 19 heavy (non-hydrogen) atoms. The van der Waals surface area contributed by atoms with Gasteiger partial charge in [-0.05, 0) is 12.1 Å². The fourth-order valence-corrected chi connectivity index (χ4v) is 4.05. The lowest BCUT2D eigenvalue weighted by atomic mass is 10.0. The van der Waals surface area contributed by atoms with Crippen LogP contribution in [0.1, 0.15) is 0 Å². The summed E-state index contributed by atoms with van der Waals surface area (Å²) in [6.45, 7) is 0.202. The van der Waals surface area contributed by atoms with Crippen LogP contribution in [0, 0.1) is 12.3 Å². The number of hydrogen-bond donors (Lipinski definition) is 1. The van der Waals surface area contributed by atoms with Crippen LogP contribution in [0.4, 0.5) is 0 Å². The molecule has 3 rings (SSSR count). The molecule has 1 unspecified atom stereocenters. The summed E-state index contributed by atoms with van der Waals surface area (Å²) in [4.78, 5) is 0. The van der Waals surface area contributed by atoms with Gasteiger partial charge in [-0.1, -0.05) is 42.3 Å². The number of benzene rings is 2. The number of rotatable bonds is 2. The molecule has 0 amide bonds. The summed E-state index contributed by atoms with van der Waals surface area (Å²) in [7, 11) is -3.14. The number of para-hydroxylation sites is 1. The van der Waals surface area contributed by atoms with Gasteiger partial charge >= 0.3 is 7.52 Å². The highest BCUT2D eigenvalue weighted by molar-refractivity contribution is 7.65. The minimum absolute atomic E-state index is 0.202. The molecule has 0 radical (unpaired) electrons. The summed E-state index contributed by atoms with van der Waals surface area (Å²) >= 11 is 0. The van der Waals surface area contributed by atoms with E-state index in [9.17, 15) is 4.57 Å². The fraction of sp³-hybridized carbons (Fsp3) is 0.0667. The molecule has 1 atom stereocenters. The zero-order valence-electron chi connectivity index (χ0n) is 10.2. The molecule has 1 N–H and O–H groups in total. The molecular formula is C15H12NO2P. The number of nitrogens with one attached hydrogen (secondary N) is 1. The van der Waals surface area contributed by atoms with Crippen molar-refractivity contribution < 1.29 is 9.09 Å². The average molecular weight is 269 g/mol. The SMILES string of the molecule is C#CCNP1(=O)Oc2ccccc2-c2ccccc21. The van der Waals surface area contributed by atoms with E-state index in [4.69, 9.17) is 10.9 Å². The lowest BCUT2D eigenvalue weighted by molar-refractivity contribution is 0.480. The minimum atomic E-state index is -3.14. The van der Waals surface area contributed by atoms with Crippen LogP contribution in [0.5, 0.6) is 5.75 Å². The molecule has 2 aromatic carbocycles. The number of hydrogen-bond acceptors (Lipinski definition) is 2. The van der Waals surface area contributed by atoms with E-state index < -0.39 is 7.52 Å². The highest BCUT2D eigenvalue weighted by atomic mass is 31.2. The third-order valence-corrected chi connectivity index (χ3v) is 5.07. The maximum atomic E-state index is 12.9. The summed E-state index contributed by atoms with van der Waals surface area (Å²) in [5.41, 5.74) is 1.88. The molecule has 0 aliphatic carbocycles. The van der Waals surface area contributed by atoms with Gasteiger partial charge in [0.15, 0.2) is 0 Å². The molecule has 94 valence electrons. The summed E-state index contributed by atoms with van der Waals surface area (Å²) in [5, 5.41) is 3.51.